The molecule has 1 atom stereocenters. The number of nitrogens with zero attached hydrogens (tertiary/aromatic N) is 3. The highest BCUT2D eigenvalue weighted by molar-refractivity contribution is 5.95. The zero-order valence-corrected chi connectivity index (χ0v) is 13.6. The lowest BCUT2D eigenvalue weighted by Gasteiger charge is -2.18. The number of aromatic amines is 1. The van der Waals surface area contributed by atoms with Crippen LogP contribution in [0.1, 0.15) is 53.2 Å². The molecule has 2 N–H and O–H groups in total. The molecule has 0 saturated heterocycles. The second kappa shape index (κ2) is 5.98. The highest BCUT2D eigenvalue weighted by Crippen LogP contribution is 2.40. The average molecular weight is 315 g/mol. The number of carbonyl (C=O) groups excluding carboxylic acids is 1. The molecule has 1 fully saturated rings. The Kier molecular flexibility index (Phi) is 4.02. The van der Waals surface area contributed by atoms with Gasteiger partial charge in [-0.25, -0.2) is 9.67 Å². The highest BCUT2D eigenvalue weighted by atomic mass is 16.2. The normalized spacial score (nSPS) is 15.4. The van der Waals surface area contributed by atoms with E-state index in [4.69, 9.17) is 0 Å². The van der Waals surface area contributed by atoms with Crippen LogP contribution in [0, 0.1) is 19.8 Å². The molecule has 1 saturated carbocycles. The van der Waals surface area contributed by atoms with Gasteiger partial charge < -0.3 is 10.3 Å². The van der Waals surface area contributed by atoms with Gasteiger partial charge in [-0.1, -0.05) is 0 Å². The summed E-state index contributed by atoms with van der Waals surface area (Å²) in [6, 6.07) is 1.60. The maximum atomic E-state index is 12.6. The van der Waals surface area contributed by atoms with E-state index < -0.39 is 0 Å². The molecule has 0 radical (unpaired) electrons. The molecule has 7 heteroatoms. The van der Waals surface area contributed by atoms with Crippen molar-refractivity contribution >= 4 is 5.91 Å². The van der Waals surface area contributed by atoms with E-state index in [2.05, 4.69) is 20.4 Å². The molecule has 0 aliphatic heterocycles. The van der Waals surface area contributed by atoms with E-state index in [0.29, 0.717) is 18.0 Å². The van der Waals surface area contributed by atoms with Gasteiger partial charge in [0.15, 0.2) is 0 Å². The standard InChI is InChI=1S/C16H21N5O2/c1-4-21-14(17-8-18-21)13(11-5-6-11)20-16(23)12-9(2)7-10(3)19-15(12)22/h7-8,11,13H,4-6H2,1-3H3,(H,19,22)(H,20,23)/t13-/m0/s1. The third-order valence-electron chi connectivity index (χ3n) is 4.20. The van der Waals surface area contributed by atoms with Gasteiger partial charge in [-0.2, -0.15) is 5.10 Å². The van der Waals surface area contributed by atoms with Crippen LogP contribution in [0.5, 0.6) is 0 Å². The van der Waals surface area contributed by atoms with Crippen LogP contribution in [-0.2, 0) is 6.54 Å². The van der Waals surface area contributed by atoms with Crippen molar-refractivity contribution in [3.8, 4) is 0 Å². The van der Waals surface area contributed by atoms with Gasteiger partial charge in [0.2, 0.25) is 0 Å². The maximum Gasteiger partial charge on any atom is 0.261 e. The van der Waals surface area contributed by atoms with Gasteiger partial charge >= 0.3 is 0 Å². The molecular weight excluding hydrogens is 294 g/mol. The van der Waals surface area contributed by atoms with Gasteiger partial charge in [-0.05, 0) is 51.2 Å². The SMILES string of the molecule is CCn1ncnc1[C@@H](NC(=O)c1c(C)cc(C)[nH]c1=O)C1CC1. The van der Waals surface area contributed by atoms with E-state index >= 15 is 0 Å². The molecule has 2 heterocycles. The Balaban J connectivity index is 1.90. The minimum Gasteiger partial charge on any atom is -0.342 e. The smallest absolute Gasteiger partial charge is 0.261 e. The summed E-state index contributed by atoms with van der Waals surface area (Å²) >= 11 is 0. The van der Waals surface area contributed by atoms with Crippen LogP contribution in [0.25, 0.3) is 0 Å². The fourth-order valence-corrected chi connectivity index (χ4v) is 2.93. The zero-order valence-electron chi connectivity index (χ0n) is 13.6. The number of hydrogen-bond donors (Lipinski definition) is 2. The van der Waals surface area contributed by atoms with Crippen molar-refractivity contribution in [2.24, 2.45) is 5.92 Å². The Morgan fingerprint density at radius 3 is 2.83 bits per heavy atom. The van der Waals surface area contributed by atoms with Gasteiger partial charge in [0.05, 0.1) is 6.04 Å². The minimum absolute atomic E-state index is 0.170. The van der Waals surface area contributed by atoms with Crippen molar-refractivity contribution in [3.63, 3.8) is 0 Å². The monoisotopic (exact) mass is 315 g/mol. The van der Waals surface area contributed by atoms with E-state index in [1.54, 1.807) is 24.6 Å². The summed E-state index contributed by atoms with van der Waals surface area (Å²) in [7, 11) is 0. The fraction of sp³-hybridized carbons (Fsp3) is 0.500. The summed E-state index contributed by atoms with van der Waals surface area (Å²) < 4.78 is 1.79. The lowest BCUT2D eigenvalue weighted by Crippen LogP contribution is -2.36. The first kappa shape index (κ1) is 15.5. The molecular formula is C16H21N5O2. The number of carbonyl (C=O) groups is 1. The Bertz CT molecular complexity index is 788. The van der Waals surface area contributed by atoms with E-state index in [1.165, 1.54) is 6.33 Å². The number of rotatable bonds is 5. The molecule has 2 aromatic heterocycles. The van der Waals surface area contributed by atoms with E-state index in [-0.39, 0.29) is 23.1 Å². The van der Waals surface area contributed by atoms with Gasteiger partial charge in [-0.3, -0.25) is 9.59 Å². The maximum absolute atomic E-state index is 12.6. The van der Waals surface area contributed by atoms with Gasteiger partial charge in [-0.15, -0.1) is 0 Å². The molecule has 1 aliphatic carbocycles. The molecule has 1 aliphatic rings. The molecule has 23 heavy (non-hydrogen) atoms. The summed E-state index contributed by atoms with van der Waals surface area (Å²) in [6.07, 6.45) is 3.60. The van der Waals surface area contributed by atoms with Gasteiger partial charge in [0.25, 0.3) is 11.5 Å². The van der Waals surface area contributed by atoms with Crippen molar-refractivity contribution in [1.29, 1.82) is 0 Å². The predicted octanol–water partition coefficient (Wildman–Crippen LogP) is 1.48. The first-order chi connectivity index (χ1) is 11.0. The lowest BCUT2D eigenvalue weighted by molar-refractivity contribution is 0.0926. The fourth-order valence-electron chi connectivity index (χ4n) is 2.93. The molecule has 0 spiro atoms. The Labute approximate surface area is 134 Å². The Morgan fingerprint density at radius 1 is 1.48 bits per heavy atom. The molecule has 3 rings (SSSR count). The Morgan fingerprint density at radius 2 is 2.22 bits per heavy atom. The molecule has 0 bridgehead atoms. The summed E-state index contributed by atoms with van der Waals surface area (Å²) in [5.41, 5.74) is 1.24. The van der Waals surface area contributed by atoms with Crippen molar-refractivity contribution in [3.05, 3.63) is 45.4 Å². The summed E-state index contributed by atoms with van der Waals surface area (Å²) in [6.45, 7) is 6.25. The number of pyridine rings is 1. The first-order valence-electron chi connectivity index (χ1n) is 7.90. The van der Waals surface area contributed by atoms with Crippen LogP contribution < -0.4 is 10.9 Å². The van der Waals surface area contributed by atoms with Crippen molar-refractivity contribution < 1.29 is 4.79 Å². The summed E-state index contributed by atoms with van der Waals surface area (Å²) in [4.78, 5) is 31.8. The minimum atomic E-state index is -0.355. The zero-order chi connectivity index (χ0) is 16.6. The van der Waals surface area contributed by atoms with Crippen molar-refractivity contribution in [2.45, 2.75) is 46.2 Å². The molecule has 122 valence electrons. The van der Waals surface area contributed by atoms with Crippen molar-refractivity contribution in [1.82, 2.24) is 25.1 Å². The molecule has 1 amide bonds. The van der Waals surface area contributed by atoms with Crippen LogP contribution in [0.4, 0.5) is 0 Å². The second-order valence-electron chi connectivity index (χ2n) is 6.06. The highest BCUT2D eigenvalue weighted by Gasteiger charge is 2.37. The quantitative estimate of drug-likeness (QED) is 0.874. The number of aryl methyl sites for hydroxylation is 3. The van der Waals surface area contributed by atoms with Crippen LogP contribution in [0.3, 0.4) is 0 Å². The van der Waals surface area contributed by atoms with Gasteiger partial charge in [0, 0.05) is 12.2 Å². The van der Waals surface area contributed by atoms with Crippen LogP contribution in [0.2, 0.25) is 0 Å². The average Bonchev–Trinajstić information content (AvgIpc) is 3.20. The van der Waals surface area contributed by atoms with Crippen LogP contribution in [0.15, 0.2) is 17.2 Å². The summed E-state index contributed by atoms with van der Waals surface area (Å²) in [5.74, 6) is 0.758. The Hall–Kier alpha value is -2.44. The summed E-state index contributed by atoms with van der Waals surface area (Å²) in [5, 5.41) is 7.17. The lowest BCUT2D eigenvalue weighted by atomic mass is 10.1. The predicted molar refractivity (Wildman–Crippen MR) is 85.2 cm³/mol. The van der Waals surface area contributed by atoms with Gasteiger partial charge in [0.1, 0.15) is 17.7 Å². The first-order valence-corrected chi connectivity index (χ1v) is 7.90. The van der Waals surface area contributed by atoms with Crippen LogP contribution in [-0.4, -0.2) is 25.7 Å². The molecule has 0 unspecified atom stereocenters. The largest absolute Gasteiger partial charge is 0.342 e. The molecule has 0 aromatic carbocycles. The van der Waals surface area contributed by atoms with Crippen molar-refractivity contribution in [2.75, 3.05) is 0 Å². The molecule has 2 aromatic rings. The number of hydrogen-bond acceptors (Lipinski definition) is 4. The number of nitrogens with one attached hydrogen (secondary N) is 2. The van der Waals surface area contributed by atoms with Crippen LogP contribution >= 0.6 is 0 Å². The third-order valence-corrected chi connectivity index (χ3v) is 4.20. The number of amides is 1. The number of H-pyrrole nitrogens is 1. The third kappa shape index (κ3) is 3.04. The van der Waals surface area contributed by atoms with E-state index in [9.17, 15) is 9.59 Å². The van der Waals surface area contributed by atoms with E-state index in [0.717, 1.165) is 24.4 Å². The van der Waals surface area contributed by atoms with E-state index in [1.807, 2.05) is 6.92 Å². The number of aromatic nitrogens is 4. The second-order valence-corrected chi connectivity index (χ2v) is 6.06. The topological polar surface area (TPSA) is 92.7 Å². The molecule has 7 nitrogen and oxygen atoms in total.